The van der Waals surface area contributed by atoms with Crippen LogP contribution in [0.1, 0.15) is 60.6 Å². The Morgan fingerprint density at radius 1 is 0.884 bits per heavy atom. The maximum Gasteiger partial charge on any atom is 0.254 e. The molecule has 2 atom stereocenters. The van der Waals surface area contributed by atoms with Crippen molar-refractivity contribution in [3.63, 3.8) is 0 Å². The highest BCUT2D eigenvalue weighted by Gasteiger charge is 2.31. The number of amides is 1. The number of rotatable bonds is 14. The minimum Gasteiger partial charge on any atom is -0.493 e. The van der Waals surface area contributed by atoms with Crippen molar-refractivity contribution in [2.24, 2.45) is 0 Å². The van der Waals surface area contributed by atoms with Crippen LogP contribution in [0.25, 0.3) is 0 Å². The van der Waals surface area contributed by atoms with Crippen LogP contribution in [0.15, 0.2) is 66.9 Å². The highest BCUT2D eigenvalue weighted by atomic mass is 16.5. The summed E-state index contributed by atoms with van der Waals surface area (Å²) in [4.78, 5) is 12.5. The zero-order valence-electron chi connectivity index (χ0n) is 25.5. The Labute approximate surface area is 253 Å². The molecular formula is C34H41NO8. The second kappa shape index (κ2) is 15.3. The first-order chi connectivity index (χ1) is 20.9. The average Bonchev–Trinajstić information content (AvgIpc) is 3.54. The van der Waals surface area contributed by atoms with Gasteiger partial charge in [-0.05, 0) is 66.6 Å². The summed E-state index contributed by atoms with van der Waals surface area (Å²) in [5.41, 5.74) is 3.59. The van der Waals surface area contributed by atoms with E-state index >= 15 is 0 Å². The van der Waals surface area contributed by atoms with Gasteiger partial charge in [-0.2, -0.15) is 5.06 Å². The third kappa shape index (κ3) is 7.80. The molecule has 9 heteroatoms. The molecule has 1 aliphatic heterocycles. The Bertz CT molecular complexity index is 1370. The topological polar surface area (TPSA) is 95.9 Å². The molecule has 1 N–H and O–H groups in total. The van der Waals surface area contributed by atoms with Crippen molar-refractivity contribution in [3.05, 3.63) is 89.1 Å². The minimum atomic E-state index is -0.423. The fourth-order valence-corrected chi connectivity index (χ4v) is 5.17. The second-order valence-corrected chi connectivity index (χ2v) is 10.2. The lowest BCUT2D eigenvalue weighted by Gasteiger charge is -2.20. The van der Waals surface area contributed by atoms with Gasteiger partial charge in [0.2, 0.25) is 5.75 Å². The molecule has 0 bridgehead atoms. The molecule has 4 rings (SSSR count). The number of benzene rings is 3. The number of carbonyl (C=O) groups is 1. The third-order valence-electron chi connectivity index (χ3n) is 7.31. The lowest BCUT2D eigenvalue weighted by atomic mass is 9.99. The van der Waals surface area contributed by atoms with Crippen molar-refractivity contribution in [2.75, 3.05) is 35.0 Å². The molecule has 3 aromatic rings. The number of hydroxylamine groups is 2. The zero-order chi connectivity index (χ0) is 30.8. The summed E-state index contributed by atoms with van der Waals surface area (Å²) in [6, 6.07) is 17.2. The second-order valence-electron chi connectivity index (χ2n) is 10.2. The van der Waals surface area contributed by atoms with Crippen LogP contribution in [0.2, 0.25) is 0 Å². The van der Waals surface area contributed by atoms with Crippen molar-refractivity contribution in [2.45, 2.75) is 51.2 Å². The summed E-state index contributed by atoms with van der Waals surface area (Å²) < 4.78 is 34.9. The molecule has 0 aliphatic carbocycles. The first-order valence-corrected chi connectivity index (χ1v) is 14.4. The zero-order valence-corrected chi connectivity index (χ0v) is 25.5. The quantitative estimate of drug-likeness (QED) is 0.165. The molecule has 0 aromatic heterocycles. The normalized spacial score (nSPS) is 16.2. The Balaban J connectivity index is 1.54. The number of ether oxygens (including phenoxy) is 6. The summed E-state index contributed by atoms with van der Waals surface area (Å²) in [5, 5.41) is 11.0. The molecule has 0 saturated carbocycles. The molecule has 1 amide bonds. The lowest BCUT2D eigenvalue weighted by molar-refractivity contribution is -0.153. The smallest absolute Gasteiger partial charge is 0.254 e. The van der Waals surface area contributed by atoms with Gasteiger partial charge in [0, 0.05) is 11.8 Å². The summed E-state index contributed by atoms with van der Waals surface area (Å²) in [5.74, 6) is 2.52. The van der Waals surface area contributed by atoms with Crippen LogP contribution >= 0.6 is 0 Å². The van der Waals surface area contributed by atoms with Gasteiger partial charge < -0.3 is 28.4 Å². The average molecular weight is 592 g/mol. The predicted octanol–water partition coefficient (Wildman–Crippen LogP) is 6.62. The van der Waals surface area contributed by atoms with Gasteiger partial charge in [-0.1, -0.05) is 43.3 Å². The summed E-state index contributed by atoms with van der Waals surface area (Å²) >= 11 is 0. The van der Waals surface area contributed by atoms with Gasteiger partial charge >= 0.3 is 0 Å². The molecule has 43 heavy (non-hydrogen) atoms. The van der Waals surface area contributed by atoms with E-state index in [2.05, 4.69) is 0 Å². The first-order valence-electron chi connectivity index (χ1n) is 14.4. The minimum absolute atomic E-state index is 0.0992. The van der Waals surface area contributed by atoms with Gasteiger partial charge in [-0.15, -0.1) is 0 Å². The number of methoxy groups -OCH3 is 4. The van der Waals surface area contributed by atoms with Crippen molar-refractivity contribution < 1.29 is 38.4 Å². The molecule has 0 radical (unpaired) electrons. The van der Waals surface area contributed by atoms with E-state index in [1.165, 1.54) is 6.20 Å². The molecule has 3 aromatic carbocycles. The van der Waals surface area contributed by atoms with Crippen LogP contribution in [-0.4, -0.2) is 51.2 Å². The molecule has 9 nitrogen and oxygen atoms in total. The lowest BCUT2D eigenvalue weighted by Crippen LogP contribution is -2.23. The first kappa shape index (κ1) is 31.7. The van der Waals surface area contributed by atoms with Crippen LogP contribution in [0.4, 0.5) is 0 Å². The van der Waals surface area contributed by atoms with Crippen LogP contribution < -0.4 is 23.7 Å². The maximum absolute atomic E-state index is 12.5. The fraction of sp³-hybridized carbons (Fsp3) is 0.382. The molecule has 1 fully saturated rings. The summed E-state index contributed by atoms with van der Waals surface area (Å²) in [6.07, 6.45) is 5.70. The van der Waals surface area contributed by atoms with E-state index in [-0.39, 0.29) is 18.6 Å². The molecule has 2 unspecified atom stereocenters. The van der Waals surface area contributed by atoms with E-state index in [1.54, 1.807) is 34.5 Å². The Kier molecular flexibility index (Phi) is 11.3. The Hall–Kier alpha value is -4.21. The highest BCUT2D eigenvalue weighted by molar-refractivity contribution is 5.78. The van der Waals surface area contributed by atoms with E-state index in [1.807, 2.05) is 61.5 Å². The van der Waals surface area contributed by atoms with Crippen LogP contribution in [-0.2, 0) is 22.4 Å². The van der Waals surface area contributed by atoms with Crippen molar-refractivity contribution >= 4 is 5.91 Å². The summed E-state index contributed by atoms with van der Waals surface area (Å²) in [7, 11) is 6.39. The van der Waals surface area contributed by atoms with E-state index < -0.39 is 5.91 Å². The SMILES string of the molecule is CCCOc1c(C/C=C/N(O)C(=O)Cc2ccccc2)cc(C2CCC(c3cc(OC)c(OC)c(OC)c3)O2)cc1OC. The molecule has 0 spiro atoms. The van der Waals surface area contributed by atoms with Crippen molar-refractivity contribution in [1.29, 1.82) is 0 Å². The van der Waals surface area contributed by atoms with Gasteiger partial charge in [-0.3, -0.25) is 10.0 Å². The predicted molar refractivity (Wildman–Crippen MR) is 162 cm³/mol. The summed E-state index contributed by atoms with van der Waals surface area (Å²) in [6.45, 7) is 2.56. The van der Waals surface area contributed by atoms with Crippen molar-refractivity contribution in [1.82, 2.24) is 5.06 Å². The van der Waals surface area contributed by atoms with E-state index in [4.69, 9.17) is 28.4 Å². The van der Waals surface area contributed by atoms with Gasteiger partial charge in [0.05, 0.1) is 53.7 Å². The third-order valence-corrected chi connectivity index (χ3v) is 7.31. The van der Waals surface area contributed by atoms with Gasteiger partial charge in [0.15, 0.2) is 23.0 Å². The Morgan fingerprint density at radius 2 is 1.47 bits per heavy atom. The highest BCUT2D eigenvalue weighted by Crippen LogP contribution is 2.47. The van der Waals surface area contributed by atoms with E-state index in [0.29, 0.717) is 46.8 Å². The molecular weight excluding hydrogens is 550 g/mol. The Morgan fingerprint density at radius 3 is 2.02 bits per heavy atom. The van der Waals surface area contributed by atoms with Crippen LogP contribution in [0.3, 0.4) is 0 Å². The number of hydrogen-bond donors (Lipinski definition) is 1. The van der Waals surface area contributed by atoms with Crippen LogP contribution in [0, 0.1) is 0 Å². The number of allylic oxidation sites excluding steroid dienone is 1. The number of nitrogens with zero attached hydrogens (tertiary/aromatic N) is 1. The van der Waals surface area contributed by atoms with Gasteiger partial charge in [0.1, 0.15) is 0 Å². The number of hydrogen-bond acceptors (Lipinski definition) is 8. The standard InChI is InChI=1S/C34H41NO8/c1-6-17-42-33-24(13-10-16-35(37)32(36)18-23-11-8-7-9-12-23)19-25(20-29(33)38-2)27-14-15-28(43-27)26-21-30(39-3)34(41-5)31(22-26)40-4/h7-12,16,19-22,27-28,37H,6,13-15,17-18H2,1-5H3/b16-10+. The van der Waals surface area contributed by atoms with Crippen LogP contribution in [0.5, 0.6) is 28.7 Å². The van der Waals surface area contributed by atoms with E-state index in [9.17, 15) is 10.0 Å². The van der Waals surface area contributed by atoms with Gasteiger partial charge in [-0.25, -0.2) is 0 Å². The fourth-order valence-electron chi connectivity index (χ4n) is 5.17. The number of carbonyl (C=O) groups excluding carboxylic acids is 1. The molecule has 1 aliphatic rings. The largest absolute Gasteiger partial charge is 0.493 e. The molecule has 1 saturated heterocycles. The molecule has 230 valence electrons. The van der Waals surface area contributed by atoms with Gasteiger partial charge in [0.25, 0.3) is 5.91 Å². The van der Waals surface area contributed by atoms with E-state index in [0.717, 1.165) is 41.5 Å². The maximum atomic E-state index is 12.5. The molecule has 1 heterocycles. The van der Waals surface area contributed by atoms with Crippen molar-refractivity contribution in [3.8, 4) is 28.7 Å². The monoisotopic (exact) mass is 591 g/mol.